The smallest absolute Gasteiger partial charge is 0.0568 e. The zero-order chi connectivity index (χ0) is 5.98. The van der Waals surface area contributed by atoms with Crippen molar-refractivity contribution in [2.45, 2.75) is 38.7 Å². The minimum atomic E-state index is 0.0278. The molecule has 0 aromatic carbocycles. The summed E-state index contributed by atoms with van der Waals surface area (Å²) in [4.78, 5) is 0. The van der Waals surface area contributed by atoms with E-state index in [1.165, 1.54) is 12.8 Å². The van der Waals surface area contributed by atoms with E-state index in [0.717, 1.165) is 12.8 Å². The highest BCUT2D eigenvalue weighted by Gasteiger charge is 2.22. The fourth-order valence-corrected chi connectivity index (χ4v) is 1.49. The molecule has 0 aromatic heterocycles. The Morgan fingerprint density at radius 1 is 1.50 bits per heavy atom. The van der Waals surface area contributed by atoms with Crippen LogP contribution in [0.25, 0.3) is 0 Å². The Kier molecular flexibility index (Phi) is 1.90. The van der Waals surface area contributed by atoms with Crippen LogP contribution in [-0.4, -0.2) is 11.2 Å². The summed E-state index contributed by atoms with van der Waals surface area (Å²) in [6.07, 6.45) is 4.71. The molecular weight excluding hydrogens is 100 g/mol. The van der Waals surface area contributed by atoms with E-state index in [0.29, 0.717) is 5.92 Å². The van der Waals surface area contributed by atoms with Gasteiger partial charge in [0.1, 0.15) is 0 Å². The highest BCUT2D eigenvalue weighted by Crippen LogP contribution is 2.27. The average molecular weight is 114 g/mol. The van der Waals surface area contributed by atoms with Crippen molar-refractivity contribution in [1.82, 2.24) is 0 Å². The third kappa shape index (κ3) is 1.03. The molecule has 1 nitrogen and oxygen atoms in total. The molecule has 0 heterocycles. The van der Waals surface area contributed by atoms with Gasteiger partial charge in [0.15, 0.2) is 0 Å². The van der Waals surface area contributed by atoms with E-state index in [2.05, 4.69) is 6.92 Å². The van der Waals surface area contributed by atoms with E-state index in [-0.39, 0.29) is 6.10 Å². The molecule has 1 fully saturated rings. The normalized spacial score (nSPS) is 38.2. The first kappa shape index (κ1) is 6.09. The lowest BCUT2D eigenvalue weighted by Crippen LogP contribution is -2.10. The van der Waals surface area contributed by atoms with Gasteiger partial charge in [-0.3, -0.25) is 0 Å². The molecule has 2 unspecified atom stereocenters. The average Bonchev–Trinajstić information content (AvgIpc) is 2.14. The van der Waals surface area contributed by atoms with Crippen LogP contribution in [0.15, 0.2) is 0 Å². The third-order valence-electron chi connectivity index (χ3n) is 2.14. The van der Waals surface area contributed by atoms with Crippen LogP contribution in [0.5, 0.6) is 0 Å². The molecule has 0 saturated heterocycles. The van der Waals surface area contributed by atoms with Gasteiger partial charge in [0.25, 0.3) is 0 Å². The second-order valence-electron chi connectivity index (χ2n) is 2.67. The molecule has 2 atom stereocenters. The molecule has 0 amide bonds. The van der Waals surface area contributed by atoms with Crippen LogP contribution in [0.4, 0.5) is 0 Å². The van der Waals surface area contributed by atoms with E-state index in [1.54, 1.807) is 0 Å². The molecule has 1 N–H and O–H groups in total. The van der Waals surface area contributed by atoms with Gasteiger partial charge in [-0.15, -0.1) is 0 Å². The van der Waals surface area contributed by atoms with Gasteiger partial charge in [-0.05, 0) is 18.8 Å². The third-order valence-corrected chi connectivity index (χ3v) is 2.14. The van der Waals surface area contributed by atoms with Gasteiger partial charge in [0.05, 0.1) is 6.10 Å². The number of hydrogen-bond acceptors (Lipinski definition) is 1. The van der Waals surface area contributed by atoms with Crippen LogP contribution in [0.3, 0.4) is 0 Å². The molecular formula is C7H14O. The lowest BCUT2D eigenvalue weighted by molar-refractivity contribution is 0.130. The molecule has 1 rings (SSSR count). The predicted molar refractivity (Wildman–Crippen MR) is 33.6 cm³/mol. The summed E-state index contributed by atoms with van der Waals surface area (Å²) < 4.78 is 0. The van der Waals surface area contributed by atoms with Gasteiger partial charge >= 0.3 is 0 Å². The molecule has 48 valence electrons. The molecule has 0 aromatic rings. The molecule has 0 bridgehead atoms. The molecule has 8 heavy (non-hydrogen) atoms. The maximum Gasteiger partial charge on any atom is 0.0568 e. The zero-order valence-corrected chi connectivity index (χ0v) is 5.43. The number of aliphatic hydroxyl groups is 1. The van der Waals surface area contributed by atoms with E-state index < -0.39 is 0 Å². The summed E-state index contributed by atoms with van der Waals surface area (Å²) in [5.74, 6) is 0.620. The fraction of sp³-hybridized carbons (Fsp3) is 1.00. The van der Waals surface area contributed by atoms with Crippen LogP contribution in [-0.2, 0) is 0 Å². The highest BCUT2D eigenvalue weighted by atomic mass is 16.3. The summed E-state index contributed by atoms with van der Waals surface area (Å²) in [5.41, 5.74) is 0. The van der Waals surface area contributed by atoms with Crippen molar-refractivity contribution in [3.8, 4) is 0 Å². The summed E-state index contributed by atoms with van der Waals surface area (Å²) in [6, 6.07) is 0. The summed E-state index contributed by atoms with van der Waals surface area (Å²) in [6.45, 7) is 2.15. The van der Waals surface area contributed by atoms with Crippen LogP contribution < -0.4 is 0 Å². The van der Waals surface area contributed by atoms with Gasteiger partial charge in [-0.25, -0.2) is 0 Å². The number of rotatable bonds is 1. The first-order valence-corrected chi connectivity index (χ1v) is 3.52. The van der Waals surface area contributed by atoms with Gasteiger partial charge in [-0.2, -0.15) is 0 Å². The molecule has 1 aliphatic carbocycles. The van der Waals surface area contributed by atoms with Crippen molar-refractivity contribution < 1.29 is 5.11 Å². The Hall–Kier alpha value is -0.0400. The van der Waals surface area contributed by atoms with Crippen LogP contribution in [0, 0.1) is 5.92 Å². The van der Waals surface area contributed by atoms with Gasteiger partial charge in [0, 0.05) is 0 Å². The van der Waals surface area contributed by atoms with Crippen molar-refractivity contribution in [3.05, 3.63) is 0 Å². The molecule has 0 aliphatic heterocycles. The Morgan fingerprint density at radius 2 is 2.25 bits per heavy atom. The lowest BCUT2D eigenvalue weighted by atomic mass is 10.0. The first-order chi connectivity index (χ1) is 3.84. The predicted octanol–water partition coefficient (Wildman–Crippen LogP) is 1.56. The summed E-state index contributed by atoms with van der Waals surface area (Å²) >= 11 is 0. The standard InChI is InChI=1S/C7H14O/c1-2-6-4-3-5-7(6)8/h6-8H,2-5H2,1H3. The molecule has 1 heteroatoms. The molecule has 1 aliphatic rings. The molecule has 1 saturated carbocycles. The largest absolute Gasteiger partial charge is 0.393 e. The van der Waals surface area contributed by atoms with Gasteiger partial charge in [-0.1, -0.05) is 19.8 Å². The lowest BCUT2D eigenvalue weighted by Gasteiger charge is -2.09. The topological polar surface area (TPSA) is 20.2 Å². The Balaban J connectivity index is 2.30. The Morgan fingerprint density at radius 3 is 2.50 bits per heavy atom. The van der Waals surface area contributed by atoms with Crippen molar-refractivity contribution in [2.75, 3.05) is 0 Å². The van der Waals surface area contributed by atoms with Gasteiger partial charge < -0.3 is 5.11 Å². The molecule has 0 radical (unpaired) electrons. The summed E-state index contributed by atoms with van der Waals surface area (Å²) in [7, 11) is 0. The van der Waals surface area contributed by atoms with Gasteiger partial charge in [0.2, 0.25) is 0 Å². The van der Waals surface area contributed by atoms with Crippen molar-refractivity contribution in [1.29, 1.82) is 0 Å². The SMILES string of the molecule is CCC1CCCC1O. The zero-order valence-electron chi connectivity index (χ0n) is 5.43. The van der Waals surface area contributed by atoms with Crippen molar-refractivity contribution in [3.63, 3.8) is 0 Å². The maximum atomic E-state index is 9.19. The van der Waals surface area contributed by atoms with E-state index >= 15 is 0 Å². The van der Waals surface area contributed by atoms with Crippen LogP contribution >= 0.6 is 0 Å². The fourth-order valence-electron chi connectivity index (χ4n) is 1.49. The maximum absolute atomic E-state index is 9.19. The second-order valence-corrected chi connectivity index (χ2v) is 2.67. The van der Waals surface area contributed by atoms with Crippen molar-refractivity contribution >= 4 is 0 Å². The van der Waals surface area contributed by atoms with Crippen LogP contribution in [0.2, 0.25) is 0 Å². The summed E-state index contributed by atoms with van der Waals surface area (Å²) in [5, 5.41) is 9.19. The van der Waals surface area contributed by atoms with E-state index in [4.69, 9.17) is 0 Å². The molecule has 0 spiro atoms. The Labute approximate surface area is 50.7 Å². The minimum absolute atomic E-state index is 0.0278. The van der Waals surface area contributed by atoms with E-state index in [9.17, 15) is 5.11 Å². The number of hydrogen-bond donors (Lipinski definition) is 1. The Bertz CT molecular complexity index is 70.8. The highest BCUT2D eigenvalue weighted by molar-refractivity contribution is 4.74. The monoisotopic (exact) mass is 114 g/mol. The minimum Gasteiger partial charge on any atom is -0.393 e. The van der Waals surface area contributed by atoms with Crippen LogP contribution in [0.1, 0.15) is 32.6 Å². The van der Waals surface area contributed by atoms with Crippen molar-refractivity contribution in [2.24, 2.45) is 5.92 Å². The quantitative estimate of drug-likeness (QED) is 0.548. The number of aliphatic hydroxyl groups excluding tert-OH is 1. The van der Waals surface area contributed by atoms with E-state index in [1.807, 2.05) is 0 Å². The first-order valence-electron chi connectivity index (χ1n) is 3.52. The second kappa shape index (κ2) is 2.49.